The highest BCUT2D eigenvalue weighted by Crippen LogP contribution is 2.69. The molecule has 0 spiro atoms. The molecular weight excluding hydrogens is 569 g/mol. The predicted octanol–water partition coefficient (Wildman–Crippen LogP) is 5.89. The molecule has 4 aromatic rings. The minimum atomic E-state index is -1.30. The van der Waals surface area contributed by atoms with Crippen LogP contribution in [0.5, 0.6) is 0 Å². The molecule has 8 rings (SSSR count). The summed E-state index contributed by atoms with van der Waals surface area (Å²) < 4.78 is 5.23. The van der Waals surface area contributed by atoms with E-state index in [4.69, 9.17) is 27.9 Å². The number of ketones is 1. The molecule has 2 bridgehead atoms. The Bertz CT molecular complexity index is 1630. The van der Waals surface area contributed by atoms with Gasteiger partial charge in [-0.3, -0.25) is 14.4 Å². The number of amides is 2. The Labute approximate surface area is 243 Å². The van der Waals surface area contributed by atoms with Crippen molar-refractivity contribution in [2.24, 2.45) is 11.8 Å². The first-order valence-corrected chi connectivity index (χ1v) is 14.2. The first kappa shape index (κ1) is 25.2. The van der Waals surface area contributed by atoms with Gasteiger partial charge in [0.15, 0.2) is 6.61 Å². The van der Waals surface area contributed by atoms with Crippen molar-refractivity contribution in [1.29, 1.82) is 0 Å². The zero-order valence-electron chi connectivity index (χ0n) is 20.7. The highest BCUT2D eigenvalue weighted by atomic mass is 35.5. The summed E-state index contributed by atoms with van der Waals surface area (Å²) >= 11 is 16.2. The number of esters is 1. The van der Waals surface area contributed by atoms with Crippen LogP contribution >= 0.6 is 34.5 Å². The number of anilines is 1. The zero-order valence-corrected chi connectivity index (χ0v) is 23.0. The molecule has 2 amide bonds. The van der Waals surface area contributed by atoms with Crippen molar-refractivity contribution < 1.29 is 23.9 Å². The van der Waals surface area contributed by atoms with E-state index in [0.717, 1.165) is 4.90 Å². The molecule has 2 heterocycles. The van der Waals surface area contributed by atoms with Crippen molar-refractivity contribution in [3.05, 3.63) is 123 Å². The second-order valence-electron chi connectivity index (χ2n) is 10.0. The van der Waals surface area contributed by atoms with Gasteiger partial charge in [-0.25, -0.2) is 9.69 Å². The number of nitrogens with zero attached hydrogens (tertiary/aromatic N) is 1. The van der Waals surface area contributed by atoms with Crippen LogP contribution in [0.4, 0.5) is 5.69 Å². The summed E-state index contributed by atoms with van der Waals surface area (Å²) in [6.45, 7) is -0.421. The zero-order chi connectivity index (χ0) is 27.8. The molecule has 0 N–H and O–H groups in total. The van der Waals surface area contributed by atoms with Crippen LogP contribution in [0.1, 0.15) is 42.3 Å². The Morgan fingerprint density at radius 2 is 1.32 bits per heavy atom. The minimum absolute atomic E-state index is 0.0997. The van der Waals surface area contributed by atoms with E-state index in [1.807, 2.05) is 48.5 Å². The minimum Gasteiger partial charge on any atom is -0.454 e. The number of rotatable bonds is 5. The summed E-state index contributed by atoms with van der Waals surface area (Å²) in [7, 11) is 0. The van der Waals surface area contributed by atoms with Crippen molar-refractivity contribution in [2.75, 3.05) is 11.5 Å². The van der Waals surface area contributed by atoms with E-state index in [0.29, 0.717) is 27.1 Å². The maximum Gasteiger partial charge on any atom is 0.338 e. The van der Waals surface area contributed by atoms with Crippen LogP contribution in [0.25, 0.3) is 0 Å². The van der Waals surface area contributed by atoms with Crippen LogP contribution in [0.3, 0.4) is 0 Å². The van der Waals surface area contributed by atoms with Gasteiger partial charge in [-0.2, -0.15) is 0 Å². The molecule has 9 heteroatoms. The number of carbonyl (C=O) groups excluding carboxylic acids is 4. The molecule has 0 unspecified atom stereocenters. The van der Waals surface area contributed by atoms with Gasteiger partial charge >= 0.3 is 5.97 Å². The number of benzene rings is 3. The van der Waals surface area contributed by atoms with E-state index in [2.05, 4.69) is 0 Å². The average Bonchev–Trinajstić information content (AvgIpc) is 3.61. The molecule has 198 valence electrons. The van der Waals surface area contributed by atoms with E-state index in [9.17, 15) is 19.2 Å². The lowest BCUT2D eigenvalue weighted by atomic mass is 9.54. The Kier molecular flexibility index (Phi) is 5.58. The topological polar surface area (TPSA) is 80.8 Å². The summed E-state index contributed by atoms with van der Waals surface area (Å²) in [5.74, 6) is -3.95. The smallest absolute Gasteiger partial charge is 0.338 e. The number of thiophene rings is 1. The summed E-state index contributed by atoms with van der Waals surface area (Å²) in [6, 6.07) is 24.3. The van der Waals surface area contributed by atoms with Gasteiger partial charge in [0.25, 0.3) is 0 Å². The third-order valence-electron chi connectivity index (χ3n) is 8.06. The van der Waals surface area contributed by atoms with Crippen LogP contribution in [-0.2, 0) is 24.1 Å². The third-order valence-corrected chi connectivity index (χ3v) is 10.3. The van der Waals surface area contributed by atoms with Gasteiger partial charge in [0, 0.05) is 0 Å². The molecule has 40 heavy (non-hydrogen) atoms. The first-order valence-electron chi connectivity index (χ1n) is 12.6. The predicted molar refractivity (Wildman–Crippen MR) is 151 cm³/mol. The van der Waals surface area contributed by atoms with Gasteiger partial charge < -0.3 is 4.74 Å². The number of carbonyl (C=O) groups is 4. The molecule has 0 saturated carbocycles. The molecule has 1 fully saturated rings. The Balaban J connectivity index is 1.26. The molecular formula is C31H19Cl2NO5S. The van der Waals surface area contributed by atoms with Crippen molar-refractivity contribution >= 4 is 63.8 Å². The van der Waals surface area contributed by atoms with E-state index in [1.54, 1.807) is 29.6 Å². The largest absolute Gasteiger partial charge is 0.454 e. The highest BCUT2D eigenvalue weighted by molar-refractivity contribution is 7.12. The molecule has 1 saturated heterocycles. The number of imide groups is 1. The summed E-state index contributed by atoms with van der Waals surface area (Å²) in [5.41, 5.74) is 3.15. The number of hydrogen-bond donors (Lipinski definition) is 0. The van der Waals surface area contributed by atoms with Crippen LogP contribution in [0.2, 0.25) is 0 Å². The van der Waals surface area contributed by atoms with Crippen molar-refractivity contribution in [2.45, 2.75) is 9.75 Å². The Morgan fingerprint density at radius 3 is 1.82 bits per heavy atom. The van der Waals surface area contributed by atoms with E-state index in [-0.39, 0.29) is 17.0 Å². The maximum atomic E-state index is 14.1. The highest BCUT2D eigenvalue weighted by Gasteiger charge is 2.73. The lowest BCUT2D eigenvalue weighted by Crippen LogP contribution is -2.57. The quantitative estimate of drug-likeness (QED) is 0.126. The van der Waals surface area contributed by atoms with Crippen LogP contribution < -0.4 is 4.90 Å². The van der Waals surface area contributed by atoms with Crippen molar-refractivity contribution in [1.82, 2.24) is 0 Å². The van der Waals surface area contributed by atoms with Gasteiger partial charge in [0.05, 0.1) is 28.0 Å². The van der Waals surface area contributed by atoms with Crippen molar-refractivity contribution in [3.8, 4) is 0 Å². The maximum absolute atomic E-state index is 14.1. The number of halogens is 2. The molecule has 2 atom stereocenters. The summed E-state index contributed by atoms with van der Waals surface area (Å²) in [4.78, 5) is 52.3. The second kappa shape index (κ2) is 8.86. The van der Waals surface area contributed by atoms with Gasteiger partial charge in [-0.15, -0.1) is 34.5 Å². The molecule has 1 aliphatic heterocycles. The third kappa shape index (κ3) is 3.22. The van der Waals surface area contributed by atoms with Gasteiger partial charge in [-0.05, 0) is 51.9 Å². The normalized spacial score (nSPS) is 25.8. The average molecular weight is 588 g/mol. The molecule has 0 radical (unpaired) electrons. The molecule has 6 nitrogen and oxygen atoms in total. The number of hydrogen-bond acceptors (Lipinski definition) is 6. The molecule has 3 aliphatic carbocycles. The van der Waals surface area contributed by atoms with Gasteiger partial charge in [0.2, 0.25) is 17.6 Å². The second-order valence-corrected chi connectivity index (χ2v) is 12.1. The van der Waals surface area contributed by atoms with E-state index < -0.39 is 46.0 Å². The number of ether oxygens (including phenoxy) is 1. The monoisotopic (exact) mass is 587 g/mol. The van der Waals surface area contributed by atoms with Crippen LogP contribution in [0, 0.1) is 11.8 Å². The standard InChI is InChI=1S/C31H19Cl2NO5S/c32-30-19-9-1-2-10-20(19)31(33,22-12-4-3-11-21(22)30)26-25(30)27(36)34(28(26)37)18-8-5-7-17(15-18)29(38)39-16-23(35)24-13-6-14-40-24/h1-15,25-26H,16H2/t25-,26-,30?,31?/m0/s1. The van der Waals surface area contributed by atoms with Gasteiger partial charge in [0.1, 0.15) is 9.75 Å². The van der Waals surface area contributed by atoms with Gasteiger partial charge in [-0.1, -0.05) is 60.7 Å². The number of Topliss-reactive ketones (excluding diaryl/α,β-unsaturated/α-hetero) is 1. The fourth-order valence-corrected chi connectivity index (χ4v) is 8.17. The number of alkyl halides is 2. The van der Waals surface area contributed by atoms with E-state index in [1.165, 1.54) is 23.5 Å². The Hall–Kier alpha value is -3.78. The Morgan fingerprint density at radius 1 is 0.775 bits per heavy atom. The van der Waals surface area contributed by atoms with Crippen LogP contribution in [-0.4, -0.2) is 30.2 Å². The van der Waals surface area contributed by atoms with E-state index >= 15 is 0 Å². The fraction of sp³-hybridized carbons (Fsp3) is 0.161. The fourth-order valence-electron chi connectivity index (χ4n) is 6.42. The summed E-state index contributed by atoms with van der Waals surface area (Å²) in [5, 5.41) is 1.76. The lowest BCUT2D eigenvalue weighted by Gasteiger charge is -2.54. The first-order chi connectivity index (χ1) is 19.3. The molecule has 3 aromatic carbocycles. The van der Waals surface area contributed by atoms with Crippen LogP contribution in [0.15, 0.2) is 90.3 Å². The summed E-state index contributed by atoms with van der Waals surface area (Å²) in [6.07, 6.45) is 0. The SMILES string of the molecule is O=C(OCC(=O)c1cccs1)c1cccc(N2C(=O)[C@@H]3[C@@H](C2=O)C2(Cl)c4ccccc4C3(Cl)c3ccccc32)c1. The van der Waals surface area contributed by atoms with Crippen molar-refractivity contribution in [3.63, 3.8) is 0 Å². The molecule has 4 aliphatic rings. The lowest BCUT2D eigenvalue weighted by molar-refractivity contribution is -0.122. The molecule has 1 aromatic heterocycles.